The molecule has 2 heterocycles. The molecule has 0 bridgehead atoms. The van der Waals surface area contributed by atoms with E-state index in [2.05, 4.69) is 10.4 Å². The van der Waals surface area contributed by atoms with Crippen LogP contribution in [0.4, 0.5) is 0 Å². The van der Waals surface area contributed by atoms with Gasteiger partial charge in [0.25, 0.3) is 0 Å². The van der Waals surface area contributed by atoms with Gasteiger partial charge in [-0.15, -0.1) is 0 Å². The summed E-state index contributed by atoms with van der Waals surface area (Å²) in [4.78, 5) is 4.71. The molecule has 1 aliphatic heterocycles. The lowest BCUT2D eigenvalue weighted by atomic mass is 9.85. The Labute approximate surface area is 96.4 Å². The zero-order chi connectivity index (χ0) is 11.0. The summed E-state index contributed by atoms with van der Waals surface area (Å²) in [6.45, 7) is 1.16. The molecule has 1 N–H and O–H groups in total. The Balaban J connectivity index is 1.70. The third-order valence-electron chi connectivity index (χ3n) is 3.93. The van der Waals surface area contributed by atoms with E-state index in [4.69, 9.17) is 4.98 Å². The minimum atomic E-state index is 0.622. The van der Waals surface area contributed by atoms with Gasteiger partial charge in [-0.05, 0) is 32.2 Å². The Hall–Kier alpha value is -0.900. The molecule has 0 aromatic carbocycles. The Morgan fingerprint density at radius 2 is 2.19 bits per heavy atom. The van der Waals surface area contributed by atoms with Crippen LogP contribution in [0.15, 0.2) is 0 Å². The molecular formula is C12H20N4. The van der Waals surface area contributed by atoms with E-state index in [1.807, 2.05) is 11.7 Å². The second kappa shape index (κ2) is 4.17. The van der Waals surface area contributed by atoms with Crippen molar-refractivity contribution in [3.05, 3.63) is 11.6 Å². The highest BCUT2D eigenvalue weighted by atomic mass is 15.3. The summed E-state index contributed by atoms with van der Waals surface area (Å²) in [5, 5.41) is 8.07. The Bertz CT molecular complexity index is 361. The van der Waals surface area contributed by atoms with Crippen LogP contribution in [-0.4, -0.2) is 27.4 Å². The van der Waals surface area contributed by atoms with Gasteiger partial charge in [0.1, 0.15) is 5.82 Å². The van der Waals surface area contributed by atoms with Crippen LogP contribution in [0, 0.1) is 0 Å². The molecule has 4 heteroatoms. The molecule has 16 heavy (non-hydrogen) atoms. The van der Waals surface area contributed by atoms with Crippen molar-refractivity contribution in [3.63, 3.8) is 0 Å². The molecule has 1 saturated heterocycles. The van der Waals surface area contributed by atoms with Crippen molar-refractivity contribution in [2.24, 2.45) is 7.05 Å². The van der Waals surface area contributed by atoms with Crippen molar-refractivity contribution >= 4 is 0 Å². The van der Waals surface area contributed by atoms with Crippen LogP contribution in [-0.2, 0) is 13.5 Å². The first-order valence-electron chi connectivity index (χ1n) is 6.46. The van der Waals surface area contributed by atoms with Gasteiger partial charge in [-0.1, -0.05) is 6.42 Å². The summed E-state index contributed by atoms with van der Waals surface area (Å²) in [6, 6.07) is 0.622. The first-order chi connectivity index (χ1) is 7.83. The van der Waals surface area contributed by atoms with E-state index in [0.717, 1.165) is 24.6 Å². The summed E-state index contributed by atoms with van der Waals surface area (Å²) in [6.07, 6.45) is 7.54. The standard InChI is InChI=1S/C12H20N4/c1-16-11(8-10-6-3-7-13-10)14-12(15-16)9-4-2-5-9/h9-10,13H,2-8H2,1H3. The van der Waals surface area contributed by atoms with Crippen molar-refractivity contribution in [1.82, 2.24) is 20.1 Å². The minimum absolute atomic E-state index is 0.622. The quantitative estimate of drug-likeness (QED) is 0.836. The molecule has 0 radical (unpaired) electrons. The number of hydrogen-bond acceptors (Lipinski definition) is 3. The van der Waals surface area contributed by atoms with Crippen molar-refractivity contribution in [1.29, 1.82) is 0 Å². The Morgan fingerprint density at radius 1 is 1.31 bits per heavy atom. The third kappa shape index (κ3) is 1.86. The van der Waals surface area contributed by atoms with E-state index in [-0.39, 0.29) is 0 Å². The van der Waals surface area contributed by atoms with Crippen molar-refractivity contribution in [3.8, 4) is 0 Å². The molecule has 4 nitrogen and oxygen atoms in total. The van der Waals surface area contributed by atoms with E-state index in [9.17, 15) is 0 Å². The highest BCUT2D eigenvalue weighted by Crippen LogP contribution is 2.34. The van der Waals surface area contributed by atoms with Gasteiger partial charge in [-0.2, -0.15) is 5.10 Å². The maximum Gasteiger partial charge on any atom is 0.154 e. The zero-order valence-electron chi connectivity index (χ0n) is 9.95. The number of hydrogen-bond donors (Lipinski definition) is 1. The lowest BCUT2D eigenvalue weighted by Gasteiger charge is -2.21. The monoisotopic (exact) mass is 220 g/mol. The number of nitrogens with zero attached hydrogens (tertiary/aromatic N) is 3. The molecule has 1 atom stereocenters. The van der Waals surface area contributed by atoms with Crippen molar-refractivity contribution in [2.75, 3.05) is 6.54 Å². The van der Waals surface area contributed by atoms with Gasteiger partial charge in [0.2, 0.25) is 0 Å². The number of aromatic nitrogens is 3. The fourth-order valence-electron chi connectivity index (χ4n) is 2.61. The molecule has 88 valence electrons. The molecule has 1 unspecified atom stereocenters. The van der Waals surface area contributed by atoms with E-state index in [0.29, 0.717) is 12.0 Å². The van der Waals surface area contributed by atoms with Gasteiger partial charge >= 0.3 is 0 Å². The highest BCUT2D eigenvalue weighted by molar-refractivity contribution is 5.04. The van der Waals surface area contributed by atoms with Crippen LogP contribution < -0.4 is 5.32 Å². The molecule has 1 aliphatic carbocycles. The predicted octanol–water partition coefficient (Wildman–Crippen LogP) is 1.38. The molecule has 1 aromatic rings. The van der Waals surface area contributed by atoms with E-state index >= 15 is 0 Å². The van der Waals surface area contributed by atoms with Crippen LogP contribution in [0.2, 0.25) is 0 Å². The Morgan fingerprint density at radius 3 is 2.81 bits per heavy atom. The van der Waals surface area contributed by atoms with Gasteiger partial charge in [0.15, 0.2) is 5.82 Å². The van der Waals surface area contributed by atoms with Gasteiger partial charge in [0.05, 0.1) is 0 Å². The molecule has 0 amide bonds. The second-order valence-electron chi connectivity index (χ2n) is 5.14. The first-order valence-corrected chi connectivity index (χ1v) is 6.46. The van der Waals surface area contributed by atoms with Crippen LogP contribution in [0.3, 0.4) is 0 Å². The summed E-state index contributed by atoms with van der Waals surface area (Å²) in [7, 11) is 2.03. The molecule has 3 rings (SSSR count). The summed E-state index contributed by atoms with van der Waals surface area (Å²) in [5.41, 5.74) is 0. The largest absolute Gasteiger partial charge is 0.314 e. The van der Waals surface area contributed by atoms with Crippen molar-refractivity contribution in [2.45, 2.75) is 50.5 Å². The van der Waals surface area contributed by atoms with Gasteiger partial charge in [-0.3, -0.25) is 4.68 Å². The van der Waals surface area contributed by atoms with Crippen molar-refractivity contribution < 1.29 is 0 Å². The first kappa shape index (κ1) is 10.3. The lowest BCUT2D eigenvalue weighted by Crippen LogP contribution is -2.25. The number of nitrogens with one attached hydrogen (secondary N) is 1. The van der Waals surface area contributed by atoms with Crippen LogP contribution in [0.1, 0.15) is 49.7 Å². The molecule has 2 aliphatic rings. The normalized spacial score (nSPS) is 25.9. The van der Waals surface area contributed by atoms with Crippen LogP contribution >= 0.6 is 0 Å². The maximum absolute atomic E-state index is 4.71. The van der Waals surface area contributed by atoms with Crippen LogP contribution in [0.5, 0.6) is 0 Å². The number of aryl methyl sites for hydroxylation is 1. The average Bonchev–Trinajstić information content (AvgIpc) is 2.76. The summed E-state index contributed by atoms with van der Waals surface area (Å²) >= 11 is 0. The lowest BCUT2D eigenvalue weighted by molar-refractivity contribution is 0.400. The third-order valence-corrected chi connectivity index (χ3v) is 3.93. The smallest absolute Gasteiger partial charge is 0.154 e. The zero-order valence-corrected chi connectivity index (χ0v) is 9.95. The molecule has 1 saturated carbocycles. The van der Waals surface area contributed by atoms with Gasteiger partial charge in [0, 0.05) is 25.4 Å². The fraction of sp³-hybridized carbons (Fsp3) is 0.833. The second-order valence-corrected chi connectivity index (χ2v) is 5.14. The molecular weight excluding hydrogens is 200 g/mol. The topological polar surface area (TPSA) is 42.7 Å². The molecule has 2 fully saturated rings. The van der Waals surface area contributed by atoms with E-state index in [1.165, 1.54) is 32.1 Å². The summed E-state index contributed by atoms with van der Waals surface area (Å²) < 4.78 is 1.98. The van der Waals surface area contributed by atoms with Crippen LogP contribution in [0.25, 0.3) is 0 Å². The minimum Gasteiger partial charge on any atom is -0.314 e. The highest BCUT2D eigenvalue weighted by Gasteiger charge is 2.25. The Kier molecular flexibility index (Phi) is 2.67. The summed E-state index contributed by atoms with van der Waals surface area (Å²) in [5.74, 6) is 2.89. The SMILES string of the molecule is Cn1nc(C2CCC2)nc1CC1CCCN1. The maximum atomic E-state index is 4.71. The average molecular weight is 220 g/mol. The van der Waals surface area contributed by atoms with Gasteiger partial charge in [-0.25, -0.2) is 4.98 Å². The van der Waals surface area contributed by atoms with E-state index in [1.54, 1.807) is 0 Å². The predicted molar refractivity (Wildman–Crippen MR) is 62.3 cm³/mol. The fourth-order valence-corrected chi connectivity index (χ4v) is 2.61. The number of rotatable bonds is 3. The molecule has 1 aromatic heterocycles. The van der Waals surface area contributed by atoms with Gasteiger partial charge < -0.3 is 5.32 Å². The van der Waals surface area contributed by atoms with E-state index < -0.39 is 0 Å². The molecule has 0 spiro atoms.